The molecule has 3 aliphatic heterocycles. The molecule has 36 heavy (non-hydrogen) atoms. The van der Waals surface area contributed by atoms with Gasteiger partial charge in [0.25, 0.3) is 0 Å². The van der Waals surface area contributed by atoms with E-state index in [0.29, 0.717) is 47.7 Å². The number of β-amino-alcohol motifs (C(OH)–C–C–N with tert-alkyl or cyclic N) is 1. The number of aromatic nitrogens is 3. The van der Waals surface area contributed by atoms with Crippen LogP contribution in [0.3, 0.4) is 0 Å². The Balaban J connectivity index is 1.33. The van der Waals surface area contributed by atoms with Crippen LogP contribution in [0, 0.1) is 11.8 Å². The molecule has 4 bridgehead atoms. The lowest BCUT2D eigenvalue weighted by atomic mass is 9.86. The molecule has 3 saturated heterocycles. The first-order chi connectivity index (χ1) is 16.9. The molecule has 2 aromatic heterocycles. The van der Waals surface area contributed by atoms with Crippen LogP contribution in [-0.2, 0) is 0 Å². The predicted molar refractivity (Wildman–Crippen MR) is 127 cm³/mol. The van der Waals surface area contributed by atoms with E-state index in [-0.39, 0.29) is 11.7 Å². The Bertz CT molecular complexity index is 1160. The van der Waals surface area contributed by atoms with E-state index in [0.717, 1.165) is 44.5 Å². The van der Waals surface area contributed by atoms with Crippen molar-refractivity contribution < 1.29 is 23.0 Å². The number of nitrogens with zero attached hydrogens (tertiary/aromatic N) is 5. The van der Waals surface area contributed by atoms with Gasteiger partial charge in [0.15, 0.2) is 11.6 Å². The van der Waals surface area contributed by atoms with Crippen LogP contribution in [0.1, 0.15) is 51.1 Å². The Hall–Kier alpha value is -2.66. The zero-order valence-corrected chi connectivity index (χ0v) is 20.4. The number of hydrogen-bond acceptors (Lipinski definition) is 8. The maximum Gasteiger partial charge on any atom is 0.573 e. The first-order valence-corrected chi connectivity index (χ1v) is 12.6. The lowest BCUT2D eigenvalue weighted by molar-refractivity contribution is -0.274. The fourth-order valence-electron chi connectivity index (χ4n) is 6.60. The van der Waals surface area contributed by atoms with Crippen LogP contribution in [0.4, 0.5) is 24.9 Å². The number of aliphatic hydroxyl groups is 1. The van der Waals surface area contributed by atoms with Crippen molar-refractivity contribution in [2.75, 3.05) is 30.3 Å². The van der Waals surface area contributed by atoms with Gasteiger partial charge in [0.1, 0.15) is 0 Å². The molecule has 7 rings (SSSR count). The second-order valence-electron chi connectivity index (χ2n) is 11.5. The molecular formula is C25H31F3N6O2. The summed E-state index contributed by atoms with van der Waals surface area (Å²) in [6.45, 7) is 6.11. The van der Waals surface area contributed by atoms with Crippen LogP contribution in [0.25, 0.3) is 11.3 Å². The summed E-state index contributed by atoms with van der Waals surface area (Å²) < 4.78 is 42.8. The SMILES string of the molecule is CC(C)(O)CN1C[C@@H]2CC1C[C@H]2c1cc(-c2cnc(N)c(OC(F)(F)F)c2)nc(N2CC3CC2C3)n1. The molecule has 1 unspecified atom stereocenters. The fourth-order valence-corrected chi connectivity index (χ4v) is 6.60. The molecule has 3 N–H and O–H groups in total. The standard InChI is InChI=1S/C25H31F3N6O2/c1-24(2,35)12-33-11-15-5-16(33)7-18(15)20-8-19(31-23(32-20)34-10-13-3-17(34)4-13)14-6-21(22(29)30-9-14)36-25(26,27)28/h6,8-9,13,15-18,35H,3-5,7,10-12H2,1-2H3,(H2,29,30)/t13?,15-,16?,17?,18+/m0/s1. The number of nitrogen functional groups attached to an aromatic ring is 1. The summed E-state index contributed by atoms with van der Waals surface area (Å²) in [6.07, 6.45) is 0.823. The highest BCUT2D eigenvalue weighted by molar-refractivity contribution is 5.65. The van der Waals surface area contributed by atoms with E-state index in [1.165, 1.54) is 12.3 Å². The van der Waals surface area contributed by atoms with Crippen molar-refractivity contribution in [2.24, 2.45) is 11.8 Å². The van der Waals surface area contributed by atoms with Crippen molar-refractivity contribution in [2.45, 2.75) is 69.5 Å². The number of fused-ring (bicyclic) bond motifs is 3. The number of likely N-dealkylation sites (tertiary alicyclic amines) is 1. The lowest BCUT2D eigenvalue weighted by Gasteiger charge is -2.35. The molecule has 8 nitrogen and oxygen atoms in total. The van der Waals surface area contributed by atoms with Crippen molar-refractivity contribution in [1.82, 2.24) is 19.9 Å². The van der Waals surface area contributed by atoms with Crippen LogP contribution < -0.4 is 15.4 Å². The van der Waals surface area contributed by atoms with Gasteiger partial charge in [-0.1, -0.05) is 0 Å². The summed E-state index contributed by atoms with van der Waals surface area (Å²) >= 11 is 0. The average Bonchev–Trinajstić information content (AvgIpc) is 3.52. The highest BCUT2D eigenvalue weighted by atomic mass is 19.4. The number of ether oxygens (including phenoxy) is 1. The van der Waals surface area contributed by atoms with Crippen LogP contribution in [-0.4, -0.2) is 68.6 Å². The third-order valence-corrected chi connectivity index (χ3v) is 8.13. The predicted octanol–water partition coefficient (Wildman–Crippen LogP) is 3.57. The monoisotopic (exact) mass is 504 g/mol. The molecule has 5 aliphatic rings. The molecule has 2 aliphatic carbocycles. The first kappa shape index (κ1) is 23.7. The Morgan fingerprint density at radius 3 is 2.47 bits per heavy atom. The molecule has 2 saturated carbocycles. The summed E-state index contributed by atoms with van der Waals surface area (Å²) in [4.78, 5) is 18.3. The van der Waals surface area contributed by atoms with Crippen LogP contribution in [0.5, 0.6) is 5.75 Å². The minimum atomic E-state index is -4.87. The van der Waals surface area contributed by atoms with Crippen molar-refractivity contribution in [1.29, 1.82) is 0 Å². The summed E-state index contributed by atoms with van der Waals surface area (Å²) in [7, 11) is 0. The fraction of sp³-hybridized carbons (Fsp3) is 0.640. The molecule has 3 atom stereocenters. The van der Waals surface area contributed by atoms with Gasteiger partial charge in [-0.25, -0.2) is 15.0 Å². The third-order valence-electron chi connectivity index (χ3n) is 8.13. The number of alkyl halides is 3. The molecule has 0 amide bonds. The zero-order valence-electron chi connectivity index (χ0n) is 20.4. The number of pyridine rings is 1. The van der Waals surface area contributed by atoms with E-state index >= 15 is 0 Å². The molecule has 0 radical (unpaired) electrons. The van der Waals surface area contributed by atoms with E-state index in [4.69, 9.17) is 15.7 Å². The zero-order chi connectivity index (χ0) is 25.4. The highest BCUT2D eigenvalue weighted by Gasteiger charge is 2.48. The lowest BCUT2D eigenvalue weighted by Crippen LogP contribution is -2.43. The first-order valence-electron chi connectivity index (χ1n) is 12.6. The van der Waals surface area contributed by atoms with Gasteiger partial charge in [-0.15, -0.1) is 13.2 Å². The number of rotatable bonds is 6. The van der Waals surface area contributed by atoms with E-state index in [1.54, 1.807) is 0 Å². The Morgan fingerprint density at radius 1 is 1.08 bits per heavy atom. The van der Waals surface area contributed by atoms with Crippen LogP contribution >= 0.6 is 0 Å². The minimum absolute atomic E-state index is 0.235. The largest absolute Gasteiger partial charge is 0.573 e. The third kappa shape index (κ3) is 4.47. The summed E-state index contributed by atoms with van der Waals surface area (Å²) in [5.74, 6) is 1.08. The molecule has 2 aromatic rings. The van der Waals surface area contributed by atoms with Crippen molar-refractivity contribution in [3.8, 4) is 17.0 Å². The summed E-state index contributed by atoms with van der Waals surface area (Å²) in [5, 5.41) is 10.3. The highest BCUT2D eigenvalue weighted by Crippen LogP contribution is 2.49. The van der Waals surface area contributed by atoms with E-state index in [2.05, 4.69) is 19.5 Å². The van der Waals surface area contributed by atoms with Gasteiger partial charge in [-0.2, -0.15) is 0 Å². The number of halogens is 3. The Kier molecular flexibility index (Phi) is 5.39. The average molecular weight is 505 g/mol. The quantitative estimate of drug-likeness (QED) is 0.616. The number of anilines is 2. The van der Waals surface area contributed by atoms with E-state index in [1.807, 2.05) is 19.9 Å². The molecule has 0 spiro atoms. The van der Waals surface area contributed by atoms with Crippen molar-refractivity contribution >= 4 is 11.8 Å². The maximum absolute atomic E-state index is 12.9. The van der Waals surface area contributed by atoms with Gasteiger partial charge < -0.3 is 20.5 Å². The second-order valence-corrected chi connectivity index (χ2v) is 11.5. The second kappa shape index (κ2) is 8.17. The Morgan fingerprint density at radius 2 is 1.86 bits per heavy atom. The number of hydrogen-bond donors (Lipinski definition) is 2. The smallest absolute Gasteiger partial charge is 0.402 e. The van der Waals surface area contributed by atoms with E-state index in [9.17, 15) is 18.3 Å². The molecule has 5 heterocycles. The van der Waals surface area contributed by atoms with E-state index < -0.39 is 17.7 Å². The Labute approximate surface area is 207 Å². The number of nitrogens with two attached hydrogens (primary N) is 1. The molecule has 11 heteroatoms. The number of piperidine rings is 1. The van der Waals surface area contributed by atoms with Crippen molar-refractivity contribution in [3.05, 3.63) is 24.0 Å². The summed E-state index contributed by atoms with van der Waals surface area (Å²) in [6, 6.07) is 3.95. The van der Waals surface area contributed by atoms with Gasteiger partial charge in [-0.3, -0.25) is 4.90 Å². The molecule has 5 fully saturated rings. The van der Waals surface area contributed by atoms with Crippen LogP contribution in [0.2, 0.25) is 0 Å². The topological polar surface area (TPSA) is 101 Å². The van der Waals surface area contributed by atoms with Gasteiger partial charge in [0.05, 0.1) is 17.0 Å². The molecular weight excluding hydrogens is 473 g/mol. The maximum atomic E-state index is 12.9. The normalized spacial score (nSPS) is 29.6. The summed E-state index contributed by atoms with van der Waals surface area (Å²) in [5.41, 5.74) is 6.76. The van der Waals surface area contributed by atoms with Gasteiger partial charge in [0, 0.05) is 49.4 Å². The van der Waals surface area contributed by atoms with Gasteiger partial charge in [0.2, 0.25) is 5.95 Å². The van der Waals surface area contributed by atoms with Crippen LogP contribution in [0.15, 0.2) is 18.3 Å². The van der Waals surface area contributed by atoms with Gasteiger partial charge in [-0.05, 0) is 63.5 Å². The molecule has 194 valence electrons. The van der Waals surface area contributed by atoms with Gasteiger partial charge >= 0.3 is 6.36 Å². The van der Waals surface area contributed by atoms with Crippen molar-refractivity contribution in [3.63, 3.8) is 0 Å². The molecule has 0 aromatic carbocycles. The minimum Gasteiger partial charge on any atom is -0.402 e.